The first-order valence-electron chi connectivity index (χ1n) is 12.4. The van der Waals surface area contributed by atoms with Crippen molar-refractivity contribution in [1.82, 2.24) is 0 Å². The monoisotopic (exact) mass is 539 g/mol. The number of carbonyl (C=O) groups excluding carboxylic acids is 2. The van der Waals surface area contributed by atoms with E-state index in [9.17, 15) is 25.0 Å². The van der Waals surface area contributed by atoms with Crippen LogP contribution in [-0.4, -0.2) is 50.1 Å². The molecule has 1 fully saturated rings. The van der Waals surface area contributed by atoms with Crippen LogP contribution in [0.4, 0.5) is 11.4 Å². The SMILES string of the molecule is COC(=O)[C@@]1(C#N)[C@H](c2ccc(OC)c(OC)c2)[C@@H](C(=O)c2cccc([N+](=O)[O-])c2)N2c3ccccc3C=C[C@@H]21. The lowest BCUT2D eigenvalue weighted by Gasteiger charge is -2.36. The number of nitriles is 1. The van der Waals surface area contributed by atoms with Gasteiger partial charge < -0.3 is 19.1 Å². The number of ether oxygens (including phenoxy) is 3. The van der Waals surface area contributed by atoms with Crippen LogP contribution < -0.4 is 14.4 Å². The molecule has 0 aromatic heterocycles. The fourth-order valence-electron chi connectivity index (χ4n) is 5.90. The Kier molecular flexibility index (Phi) is 6.73. The first-order valence-corrected chi connectivity index (χ1v) is 12.4. The molecule has 0 amide bonds. The van der Waals surface area contributed by atoms with Crippen molar-refractivity contribution in [2.24, 2.45) is 5.41 Å². The van der Waals surface area contributed by atoms with E-state index < -0.39 is 40.1 Å². The lowest BCUT2D eigenvalue weighted by atomic mass is 9.68. The quantitative estimate of drug-likeness (QED) is 0.184. The third-order valence-corrected chi connectivity index (χ3v) is 7.63. The van der Waals surface area contributed by atoms with Crippen LogP contribution in [0.5, 0.6) is 11.5 Å². The Morgan fingerprint density at radius 2 is 1.75 bits per heavy atom. The van der Waals surface area contributed by atoms with Crippen LogP contribution in [0.2, 0.25) is 0 Å². The smallest absolute Gasteiger partial charge is 0.329 e. The fourth-order valence-corrected chi connectivity index (χ4v) is 5.90. The third-order valence-electron chi connectivity index (χ3n) is 7.63. The van der Waals surface area contributed by atoms with Crippen LogP contribution >= 0.6 is 0 Å². The van der Waals surface area contributed by atoms with Crippen LogP contribution in [0.1, 0.15) is 27.4 Å². The zero-order valence-electron chi connectivity index (χ0n) is 21.9. The third kappa shape index (κ3) is 3.86. The number of anilines is 1. The van der Waals surface area contributed by atoms with Gasteiger partial charge in [0, 0.05) is 29.3 Å². The molecule has 2 heterocycles. The molecule has 0 saturated carbocycles. The maximum atomic E-state index is 14.5. The molecule has 2 aliphatic rings. The van der Waals surface area contributed by atoms with Gasteiger partial charge in [-0.15, -0.1) is 0 Å². The van der Waals surface area contributed by atoms with Crippen LogP contribution in [0, 0.1) is 26.9 Å². The summed E-state index contributed by atoms with van der Waals surface area (Å²) in [5.41, 5.74) is -0.130. The molecule has 0 radical (unpaired) electrons. The lowest BCUT2D eigenvalue weighted by Crippen LogP contribution is -2.46. The molecule has 0 N–H and O–H groups in total. The molecule has 0 bridgehead atoms. The van der Waals surface area contributed by atoms with Gasteiger partial charge in [-0.2, -0.15) is 5.26 Å². The Labute approximate surface area is 230 Å². The van der Waals surface area contributed by atoms with Crippen molar-refractivity contribution < 1.29 is 28.7 Å². The van der Waals surface area contributed by atoms with Crippen molar-refractivity contribution in [3.63, 3.8) is 0 Å². The van der Waals surface area contributed by atoms with Crippen molar-refractivity contribution >= 4 is 29.2 Å². The highest BCUT2D eigenvalue weighted by atomic mass is 16.6. The van der Waals surface area contributed by atoms with Gasteiger partial charge in [-0.3, -0.25) is 19.7 Å². The summed E-state index contributed by atoms with van der Waals surface area (Å²) >= 11 is 0. The molecule has 202 valence electrons. The van der Waals surface area contributed by atoms with E-state index in [4.69, 9.17) is 14.2 Å². The van der Waals surface area contributed by atoms with E-state index in [0.717, 1.165) is 5.56 Å². The van der Waals surface area contributed by atoms with Gasteiger partial charge in [-0.1, -0.05) is 48.6 Å². The summed E-state index contributed by atoms with van der Waals surface area (Å²) in [6, 6.07) is 18.0. The van der Waals surface area contributed by atoms with Crippen molar-refractivity contribution in [1.29, 1.82) is 5.26 Å². The number of Topliss-reactive ketones (excluding diaryl/α,β-unsaturated/α-hetero) is 1. The Hall–Kier alpha value is -5.17. The average Bonchev–Trinajstić information content (AvgIpc) is 3.31. The molecular formula is C30H25N3O7. The van der Waals surface area contributed by atoms with Gasteiger partial charge in [0.15, 0.2) is 22.7 Å². The second-order valence-corrected chi connectivity index (χ2v) is 9.45. The normalized spacial score (nSPS) is 22.4. The van der Waals surface area contributed by atoms with E-state index in [1.165, 1.54) is 45.6 Å². The zero-order valence-corrected chi connectivity index (χ0v) is 21.9. The number of hydrogen-bond donors (Lipinski definition) is 0. The molecule has 40 heavy (non-hydrogen) atoms. The number of esters is 1. The average molecular weight is 540 g/mol. The maximum absolute atomic E-state index is 14.5. The number of nitro groups is 1. The van der Waals surface area contributed by atoms with Crippen LogP contribution in [0.25, 0.3) is 6.08 Å². The highest BCUT2D eigenvalue weighted by Crippen LogP contribution is 2.57. The number of nitro benzene ring substituents is 1. The first-order chi connectivity index (χ1) is 19.3. The number of methoxy groups -OCH3 is 3. The van der Waals surface area contributed by atoms with Crippen molar-refractivity contribution in [3.05, 3.63) is 99.6 Å². The Morgan fingerprint density at radius 1 is 1.00 bits per heavy atom. The number of fused-ring (bicyclic) bond motifs is 3. The van der Waals surface area contributed by atoms with Crippen molar-refractivity contribution in [2.75, 3.05) is 26.2 Å². The molecule has 10 nitrogen and oxygen atoms in total. The summed E-state index contributed by atoms with van der Waals surface area (Å²) < 4.78 is 16.1. The summed E-state index contributed by atoms with van der Waals surface area (Å²) in [5.74, 6) is -1.58. The van der Waals surface area contributed by atoms with E-state index in [-0.39, 0.29) is 11.3 Å². The first kappa shape index (κ1) is 26.4. The molecule has 5 rings (SSSR count). The van der Waals surface area contributed by atoms with Gasteiger partial charge >= 0.3 is 5.97 Å². The fraction of sp³-hybridized carbons (Fsp3) is 0.233. The molecular weight excluding hydrogens is 514 g/mol. The van der Waals surface area contributed by atoms with Gasteiger partial charge in [-0.05, 0) is 29.3 Å². The minimum Gasteiger partial charge on any atom is -0.493 e. The number of para-hydroxylation sites is 1. The molecule has 4 atom stereocenters. The van der Waals surface area contributed by atoms with E-state index in [1.54, 1.807) is 35.2 Å². The zero-order chi connectivity index (χ0) is 28.6. The summed E-state index contributed by atoms with van der Waals surface area (Å²) in [5, 5.41) is 22.3. The maximum Gasteiger partial charge on any atom is 0.329 e. The predicted octanol–water partition coefficient (Wildman–Crippen LogP) is 4.55. The largest absolute Gasteiger partial charge is 0.493 e. The minimum absolute atomic E-state index is 0.0778. The Balaban J connectivity index is 1.82. The highest BCUT2D eigenvalue weighted by molar-refractivity contribution is 6.06. The summed E-state index contributed by atoms with van der Waals surface area (Å²) in [4.78, 5) is 40.9. The molecule has 1 saturated heterocycles. The van der Waals surface area contributed by atoms with Crippen molar-refractivity contribution in [2.45, 2.75) is 18.0 Å². The van der Waals surface area contributed by atoms with Gasteiger partial charge in [0.05, 0.1) is 38.4 Å². The highest BCUT2D eigenvalue weighted by Gasteiger charge is 2.67. The van der Waals surface area contributed by atoms with Gasteiger partial charge in [-0.25, -0.2) is 0 Å². The number of nitrogens with zero attached hydrogens (tertiary/aromatic N) is 3. The second kappa shape index (κ2) is 10.2. The topological polar surface area (TPSA) is 132 Å². The van der Waals surface area contributed by atoms with Crippen LogP contribution in [0.3, 0.4) is 0 Å². The molecule has 0 aliphatic carbocycles. The predicted molar refractivity (Wildman–Crippen MR) is 145 cm³/mol. The molecule has 10 heteroatoms. The number of non-ortho nitro benzene ring substituents is 1. The molecule has 3 aromatic carbocycles. The van der Waals surface area contributed by atoms with E-state index >= 15 is 0 Å². The lowest BCUT2D eigenvalue weighted by molar-refractivity contribution is -0.384. The minimum atomic E-state index is -1.86. The van der Waals surface area contributed by atoms with Gasteiger partial charge in [0.1, 0.15) is 6.04 Å². The Morgan fingerprint density at radius 3 is 2.42 bits per heavy atom. The van der Waals surface area contributed by atoms with Crippen LogP contribution in [0.15, 0.2) is 72.8 Å². The summed E-state index contributed by atoms with van der Waals surface area (Å²) in [7, 11) is 4.15. The van der Waals surface area contributed by atoms with E-state index in [1.807, 2.05) is 24.3 Å². The molecule has 0 spiro atoms. The molecule has 2 aliphatic heterocycles. The van der Waals surface area contributed by atoms with E-state index in [0.29, 0.717) is 22.7 Å². The number of hydrogen-bond acceptors (Lipinski definition) is 9. The second-order valence-electron chi connectivity index (χ2n) is 9.45. The Bertz CT molecular complexity index is 1590. The number of benzene rings is 3. The van der Waals surface area contributed by atoms with E-state index in [2.05, 4.69) is 6.07 Å². The van der Waals surface area contributed by atoms with Crippen LogP contribution in [-0.2, 0) is 9.53 Å². The standard InChI is InChI=1S/C30H25N3O7/c1-38-23-13-11-19(16-24(23)39-2)26-27(28(34)20-8-6-9-21(15-20)33(36)37)32-22-10-5-4-7-18(22)12-14-25(32)30(26,17-31)29(35)40-3/h4-16,25-27H,1-3H3/t25-,26-,27+,30-/m1/s1. The number of rotatable bonds is 7. The van der Waals surface area contributed by atoms with Gasteiger partial charge in [0.25, 0.3) is 5.69 Å². The van der Waals surface area contributed by atoms with Gasteiger partial charge in [0.2, 0.25) is 0 Å². The molecule has 0 unspecified atom stereocenters. The molecule has 3 aromatic rings. The number of ketones is 1. The number of carbonyl (C=O) groups is 2. The summed E-state index contributed by atoms with van der Waals surface area (Å²) in [6.07, 6.45) is 3.55. The van der Waals surface area contributed by atoms with Crippen molar-refractivity contribution in [3.8, 4) is 17.6 Å². The summed E-state index contributed by atoms with van der Waals surface area (Å²) in [6.45, 7) is 0.